The van der Waals surface area contributed by atoms with E-state index in [0.29, 0.717) is 16.9 Å². The number of halogens is 4. The molecule has 0 aromatic heterocycles. The molecule has 1 heterocycles. The molecule has 3 amide bonds. The highest BCUT2D eigenvalue weighted by atomic mass is 35.5. The number of rotatable bonds is 7. The van der Waals surface area contributed by atoms with Crippen LogP contribution in [0.15, 0.2) is 72.8 Å². The molecule has 0 spiro atoms. The first-order valence-electron chi connectivity index (χ1n) is 14.2. The molecular weight excluding hydrogens is 662 g/mol. The predicted molar refractivity (Wildman–Crippen MR) is 166 cm³/mol. The number of hydrazine groups is 1. The fourth-order valence-electron chi connectivity index (χ4n) is 6.94. The van der Waals surface area contributed by atoms with E-state index in [1.54, 1.807) is 0 Å². The summed E-state index contributed by atoms with van der Waals surface area (Å²) in [5, 5.41) is 2.58. The molecule has 3 fully saturated rings. The average molecular weight is 684 g/mol. The van der Waals surface area contributed by atoms with Crippen molar-refractivity contribution >= 4 is 75.9 Å². The van der Waals surface area contributed by atoms with Crippen molar-refractivity contribution < 1.29 is 28.7 Å². The van der Waals surface area contributed by atoms with E-state index >= 15 is 0 Å². The van der Waals surface area contributed by atoms with Gasteiger partial charge in [0.2, 0.25) is 0 Å². The van der Waals surface area contributed by atoms with Crippen LogP contribution < -0.4 is 4.74 Å². The predicted octanol–water partition coefficient (Wildman–Crippen LogP) is 6.81. The van der Waals surface area contributed by atoms with Gasteiger partial charge >= 0.3 is 5.97 Å². The molecular formula is C33H22Cl4N2O6. The fourth-order valence-corrected chi connectivity index (χ4v) is 7.73. The summed E-state index contributed by atoms with van der Waals surface area (Å²) in [5.41, 5.74) is 0.324. The second kappa shape index (κ2) is 11.3. The summed E-state index contributed by atoms with van der Waals surface area (Å²) in [4.78, 5) is 67.9. The van der Waals surface area contributed by atoms with Crippen molar-refractivity contribution in [1.82, 2.24) is 10.0 Å². The van der Waals surface area contributed by atoms with Crippen LogP contribution in [0.5, 0.6) is 5.75 Å². The lowest BCUT2D eigenvalue weighted by molar-refractivity contribution is -0.154. The molecule has 0 unspecified atom stereocenters. The number of ketones is 1. The van der Waals surface area contributed by atoms with E-state index in [-0.39, 0.29) is 49.3 Å². The smallest absolute Gasteiger partial charge is 0.345 e. The lowest BCUT2D eigenvalue weighted by Crippen LogP contribution is -2.52. The van der Waals surface area contributed by atoms with E-state index in [4.69, 9.17) is 51.1 Å². The summed E-state index contributed by atoms with van der Waals surface area (Å²) >= 11 is 24.2. The maximum atomic E-state index is 13.9. The monoisotopic (exact) mass is 682 g/mol. The van der Waals surface area contributed by atoms with Gasteiger partial charge in [-0.05, 0) is 90.8 Å². The van der Waals surface area contributed by atoms with Gasteiger partial charge < -0.3 is 4.74 Å². The maximum Gasteiger partial charge on any atom is 0.345 e. The van der Waals surface area contributed by atoms with Gasteiger partial charge in [-0.15, -0.1) is 0 Å². The normalized spacial score (nSPS) is 25.6. The molecule has 1 saturated heterocycles. The van der Waals surface area contributed by atoms with Crippen molar-refractivity contribution in [2.45, 2.75) is 6.42 Å². The third-order valence-electron chi connectivity index (χ3n) is 9.11. The minimum atomic E-state index is -0.752. The number of allylic oxidation sites excluding steroid dienone is 2. The number of carbonyl (C=O) groups excluding carboxylic acids is 5. The Bertz CT molecular complexity index is 1810. The Balaban J connectivity index is 1.14. The Morgan fingerprint density at radius 3 is 1.98 bits per heavy atom. The second-order valence-corrected chi connectivity index (χ2v) is 13.3. The van der Waals surface area contributed by atoms with Gasteiger partial charge in [0.1, 0.15) is 12.3 Å². The van der Waals surface area contributed by atoms with Crippen LogP contribution in [0, 0.1) is 35.5 Å². The average Bonchev–Trinajstić information content (AvgIpc) is 3.80. The number of imide groups is 1. The number of hydrogen-bond acceptors (Lipinski definition) is 6. The van der Waals surface area contributed by atoms with Crippen molar-refractivity contribution in [3.8, 4) is 5.75 Å². The van der Waals surface area contributed by atoms with Gasteiger partial charge in [0.05, 0.1) is 32.5 Å². The van der Waals surface area contributed by atoms with Gasteiger partial charge in [0.15, 0.2) is 5.78 Å². The molecule has 4 aliphatic carbocycles. The van der Waals surface area contributed by atoms with Crippen LogP contribution in [0.2, 0.25) is 20.1 Å². The molecule has 0 N–H and O–H groups in total. The number of ether oxygens (including phenoxy) is 1. The molecule has 8 nitrogen and oxygen atoms in total. The topological polar surface area (TPSA) is 101 Å². The van der Waals surface area contributed by atoms with Crippen LogP contribution in [0.3, 0.4) is 0 Å². The number of nitrogens with zero attached hydrogens (tertiary/aromatic N) is 2. The lowest BCUT2D eigenvalue weighted by atomic mass is 9.63. The highest BCUT2D eigenvalue weighted by molar-refractivity contribution is 6.42. The van der Waals surface area contributed by atoms with Crippen LogP contribution in [0.4, 0.5) is 0 Å². The largest absolute Gasteiger partial charge is 0.423 e. The Labute approximate surface area is 277 Å². The summed E-state index contributed by atoms with van der Waals surface area (Å²) in [5.74, 6) is -3.41. The Morgan fingerprint density at radius 2 is 1.38 bits per heavy atom. The quantitative estimate of drug-likeness (QED) is 0.0892. The molecule has 1 aliphatic heterocycles. The van der Waals surface area contributed by atoms with E-state index in [1.165, 1.54) is 60.7 Å². The summed E-state index contributed by atoms with van der Waals surface area (Å²) < 4.78 is 5.39. The zero-order valence-electron chi connectivity index (χ0n) is 23.2. The molecule has 45 heavy (non-hydrogen) atoms. The summed E-state index contributed by atoms with van der Waals surface area (Å²) in [6.45, 7) is -0.606. The highest BCUT2D eigenvalue weighted by Gasteiger charge is 2.68. The standard InChI is InChI=1S/C33H22Cl4N2O6/c34-17-4-7-21(25(36)12-17)33(44)45-18-5-1-15(2-6-18)27(40)14-38(30(41)16-3-10-24(35)26(37)11-16)39-31(42)28-19-8-9-20(23-13-22(19)23)29(28)32(39)43/h1-12,19-20,22-23,28-29H,13-14H2/t19-,20-,22-,23-,28+,29+/m0/s1. The number of esters is 1. The molecule has 5 aliphatic rings. The third-order valence-corrected chi connectivity index (χ3v) is 10.4. The molecule has 2 saturated carbocycles. The molecule has 228 valence electrons. The number of hydrogen-bond donors (Lipinski definition) is 0. The molecule has 8 rings (SSSR count). The fraction of sp³-hybridized carbons (Fsp3) is 0.242. The first kappa shape index (κ1) is 30.0. The summed E-state index contributed by atoms with van der Waals surface area (Å²) in [7, 11) is 0. The van der Waals surface area contributed by atoms with Crippen LogP contribution in [-0.2, 0) is 9.59 Å². The Morgan fingerprint density at radius 1 is 0.756 bits per heavy atom. The zero-order valence-corrected chi connectivity index (χ0v) is 26.2. The van der Waals surface area contributed by atoms with E-state index in [2.05, 4.69) is 0 Å². The first-order valence-corrected chi connectivity index (χ1v) is 15.7. The number of amides is 3. The van der Waals surface area contributed by atoms with Gasteiger partial charge in [-0.3, -0.25) is 19.2 Å². The number of Topliss-reactive ketones (excluding diaryl/α,β-unsaturated/α-hetero) is 1. The van der Waals surface area contributed by atoms with Gasteiger partial charge in [-0.1, -0.05) is 58.6 Å². The molecule has 2 bridgehead atoms. The van der Waals surface area contributed by atoms with Gasteiger partial charge in [0.25, 0.3) is 17.7 Å². The molecule has 3 aromatic rings. The summed E-state index contributed by atoms with van der Waals surface area (Å²) in [6.07, 6.45) is 5.04. The first-order chi connectivity index (χ1) is 21.5. The van der Waals surface area contributed by atoms with E-state index in [1.807, 2.05) is 12.2 Å². The van der Waals surface area contributed by atoms with E-state index in [9.17, 15) is 24.0 Å². The molecule has 6 atom stereocenters. The molecule has 0 radical (unpaired) electrons. The minimum Gasteiger partial charge on any atom is -0.423 e. The van der Waals surface area contributed by atoms with Crippen molar-refractivity contribution in [2.75, 3.05) is 6.54 Å². The Kier molecular flexibility index (Phi) is 7.52. The van der Waals surface area contributed by atoms with Gasteiger partial charge in [0, 0.05) is 16.1 Å². The van der Waals surface area contributed by atoms with Gasteiger partial charge in [-0.25, -0.2) is 9.80 Å². The van der Waals surface area contributed by atoms with Crippen molar-refractivity contribution in [1.29, 1.82) is 0 Å². The van der Waals surface area contributed by atoms with Crippen LogP contribution in [0.25, 0.3) is 0 Å². The third kappa shape index (κ3) is 5.14. The van der Waals surface area contributed by atoms with Crippen molar-refractivity contribution in [3.05, 3.63) is 110 Å². The van der Waals surface area contributed by atoms with Crippen molar-refractivity contribution in [3.63, 3.8) is 0 Å². The Hall–Kier alpha value is -3.69. The SMILES string of the molecule is O=C(CN(C(=O)c1ccc(Cl)c(Cl)c1)N1C(=O)[C@@H]2[C@H]3C=C[C@@H]([C@@H]4C[C@@H]34)[C@H]2C1=O)c1ccc(OC(=O)c2ccc(Cl)cc2Cl)cc1. The second-order valence-electron chi connectivity index (χ2n) is 11.6. The molecule has 12 heteroatoms. The number of benzene rings is 3. The summed E-state index contributed by atoms with van der Waals surface area (Å²) in [6, 6.07) is 14.2. The molecule has 3 aromatic carbocycles. The van der Waals surface area contributed by atoms with Crippen molar-refractivity contribution in [2.24, 2.45) is 35.5 Å². The zero-order chi connectivity index (χ0) is 31.7. The van der Waals surface area contributed by atoms with E-state index < -0.39 is 47.9 Å². The maximum absolute atomic E-state index is 13.9. The number of carbonyl (C=O) groups is 5. The van der Waals surface area contributed by atoms with Crippen LogP contribution >= 0.6 is 46.4 Å². The van der Waals surface area contributed by atoms with E-state index in [0.717, 1.165) is 16.4 Å². The minimum absolute atomic E-state index is 0.0553. The van der Waals surface area contributed by atoms with Crippen LogP contribution in [-0.4, -0.2) is 46.0 Å². The lowest BCUT2D eigenvalue weighted by Gasteiger charge is -2.37. The van der Waals surface area contributed by atoms with Gasteiger partial charge in [-0.2, -0.15) is 5.01 Å². The van der Waals surface area contributed by atoms with Crippen LogP contribution in [0.1, 0.15) is 37.5 Å². The highest BCUT2D eigenvalue weighted by Crippen LogP contribution is 2.65.